The zero-order valence-electron chi connectivity index (χ0n) is 20.6. The van der Waals surface area contributed by atoms with Gasteiger partial charge >= 0.3 is 12.4 Å². The number of aryl methyl sites for hydroxylation is 2. The smallest absolute Gasteiger partial charge is 0.406 e. The van der Waals surface area contributed by atoms with E-state index in [0.717, 1.165) is 5.56 Å². The molecule has 0 saturated carbocycles. The van der Waals surface area contributed by atoms with Gasteiger partial charge in [0.15, 0.2) is 11.0 Å². The first-order chi connectivity index (χ1) is 19.2. The fourth-order valence-electron chi connectivity index (χ4n) is 3.77. The van der Waals surface area contributed by atoms with Crippen molar-refractivity contribution in [3.8, 4) is 11.4 Å². The van der Waals surface area contributed by atoms with E-state index in [-0.39, 0.29) is 22.6 Å². The number of hydrogen-bond donors (Lipinski definition) is 1. The van der Waals surface area contributed by atoms with Gasteiger partial charge in [-0.3, -0.25) is 14.7 Å². The highest BCUT2D eigenvalue weighted by atomic mass is 32.2. The molecule has 0 atom stereocenters. The van der Waals surface area contributed by atoms with Crippen LogP contribution in [0.1, 0.15) is 11.4 Å². The summed E-state index contributed by atoms with van der Waals surface area (Å²) < 4.78 is 42.4. The molecule has 5 rings (SSSR count). The predicted octanol–water partition coefficient (Wildman–Crippen LogP) is 5.01. The monoisotopic (exact) mass is 567 g/mol. The zero-order valence-corrected chi connectivity index (χ0v) is 21.4. The van der Waals surface area contributed by atoms with Crippen molar-refractivity contribution in [1.82, 2.24) is 19.7 Å². The molecule has 1 fully saturated rings. The second-order valence-electron chi connectivity index (χ2n) is 8.40. The third-order valence-electron chi connectivity index (χ3n) is 5.58. The van der Waals surface area contributed by atoms with E-state index in [9.17, 15) is 22.8 Å². The number of thioether (sulfide) groups is 1. The van der Waals surface area contributed by atoms with Crippen LogP contribution in [0, 0.1) is 0 Å². The molecule has 2 aromatic heterocycles. The number of aliphatic imine (C=N–C) groups is 1. The van der Waals surface area contributed by atoms with Gasteiger partial charge in [-0.05, 0) is 60.5 Å². The number of rotatable bonds is 7. The van der Waals surface area contributed by atoms with Gasteiger partial charge in [-0.1, -0.05) is 23.9 Å². The van der Waals surface area contributed by atoms with Crippen molar-refractivity contribution in [3.63, 3.8) is 0 Å². The Morgan fingerprint density at radius 3 is 2.52 bits per heavy atom. The first-order valence-electron chi connectivity index (χ1n) is 11.8. The van der Waals surface area contributed by atoms with Crippen molar-refractivity contribution >= 4 is 40.2 Å². The largest absolute Gasteiger partial charge is 0.573 e. The van der Waals surface area contributed by atoms with E-state index in [4.69, 9.17) is 0 Å². The van der Waals surface area contributed by atoms with Crippen LogP contribution in [0.2, 0.25) is 0 Å². The first kappa shape index (κ1) is 26.9. The average molecular weight is 568 g/mol. The van der Waals surface area contributed by atoms with Crippen LogP contribution in [-0.4, -0.2) is 49.0 Å². The maximum absolute atomic E-state index is 12.5. The van der Waals surface area contributed by atoms with Crippen molar-refractivity contribution in [2.24, 2.45) is 4.99 Å². The van der Waals surface area contributed by atoms with Gasteiger partial charge in [-0.25, -0.2) is 14.5 Å². The lowest BCUT2D eigenvalue weighted by Gasteiger charge is -2.15. The van der Waals surface area contributed by atoms with Crippen LogP contribution in [0.3, 0.4) is 0 Å². The summed E-state index contributed by atoms with van der Waals surface area (Å²) in [4.78, 5) is 38.5. The summed E-state index contributed by atoms with van der Waals surface area (Å²) in [6.07, 6.45) is 1.01. The Morgan fingerprint density at radius 1 is 1.05 bits per heavy atom. The van der Waals surface area contributed by atoms with Crippen molar-refractivity contribution in [1.29, 1.82) is 0 Å². The molecule has 10 nitrogen and oxygen atoms in total. The van der Waals surface area contributed by atoms with E-state index >= 15 is 0 Å². The highest BCUT2D eigenvalue weighted by Gasteiger charge is 2.31. The summed E-state index contributed by atoms with van der Waals surface area (Å²) in [5.74, 6) is 0.251. The molecule has 2 aromatic carbocycles. The van der Waals surface area contributed by atoms with Gasteiger partial charge in [0.05, 0.1) is 23.3 Å². The molecule has 0 aliphatic carbocycles. The van der Waals surface area contributed by atoms with Crippen molar-refractivity contribution in [2.75, 3.05) is 16.0 Å². The number of nitrogens with zero attached hydrogens (tertiary/aromatic N) is 6. The standard InChI is InChI=1S/C26H20F3N7O3S/c27-26(28,29)39-21-10-8-19(9-11-21)35-16-31-22(34-35)12-5-17-3-6-18(7-4-17)32-24(38)33-25-36(23(37)15-40-25)20-2-1-13-30-14-20/h1-4,6-11,13-14,16H,5,12,15H2,(H,32,38). The lowest BCUT2D eigenvalue weighted by atomic mass is 10.1. The Morgan fingerprint density at radius 2 is 1.82 bits per heavy atom. The van der Waals surface area contributed by atoms with Crippen LogP contribution < -0.4 is 15.0 Å². The summed E-state index contributed by atoms with van der Waals surface area (Å²) in [6, 6.07) is 15.3. The minimum absolute atomic E-state index is 0.179. The second-order valence-corrected chi connectivity index (χ2v) is 9.34. The molecule has 1 N–H and O–H groups in total. The van der Waals surface area contributed by atoms with Crippen LogP contribution in [-0.2, 0) is 17.6 Å². The lowest BCUT2D eigenvalue weighted by Crippen LogP contribution is -2.30. The minimum Gasteiger partial charge on any atom is -0.406 e. The summed E-state index contributed by atoms with van der Waals surface area (Å²) in [7, 11) is 0. The fourth-order valence-corrected chi connectivity index (χ4v) is 4.64. The molecular formula is C26H20F3N7O3S. The van der Waals surface area contributed by atoms with Crippen LogP contribution >= 0.6 is 11.8 Å². The topological polar surface area (TPSA) is 115 Å². The Balaban J connectivity index is 1.15. The van der Waals surface area contributed by atoms with Crippen LogP contribution in [0.5, 0.6) is 5.75 Å². The van der Waals surface area contributed by atoms with E-state index in [1.54, 1.807) is 30.5 Å². The van der Waals surface area contributed by atoms with E-state index in [0.29, 0.717) is 35.7 Å². The normalized spacial score (nSPS) is 14.5. The molecule has 4 aromatic rings. The molecule has 204 valence electrons. The number of carbonyl (C=O) groups is 2. The quantitative estimate of drug-likeness (QED) is 0.334. The first-order valence-corrected chi connectivity index (χ1v) is 12.8. The van der Waals surface area contributed by atoms with E-state index in [2.05, 4.69) is 30.1 Å². The number of amides is 3. The highest BCUT2D eigenvalue weighted by Crippen LogP contribution is 2.26. The number of pyridine rings is 1. The number of aromatic nitrogens is 4. The third-order valence-corrected chi connectivity index (χ3v) is 6.51. The number of anilines is 2. The van der Waals surface area contributed by atoms with E-state index in [1.807, 2.05) is 12.1 Å². The summed E-state index contributed by atoms with van der Waals surface area (Å²) in [6.45, 7) is 0. The van der Waals surface area contributed by atoms with Crippen LogP contribution in [0.4, 0.5) is 29.3 Å². The molecule has 40 heavy (non-hydrogen) atoms. The minimum atomic E-state index is -4.75. The summed E-state index contributed by atoms with van der Waals surface area (Å²) >= 11 is 1.18. The zero-order chi connectivity index (χ0) is 28.1. The molecule has 0 unspecified atom stereocenters. The van der Waals surface area contributed by atoms with Gasteiger partial charge in [0, 0.05) is 18.3 Å². The molecule has 0 bridgehead atoms. The van der Waals surface area contributed by atoms with Gasteiger partial charge in [0.25, 0.3) is 0 Å². The van der Waals surface area contributed by atoms with Gasteiger partial charge < -0.3 is 10.1 Å². The lowest BCUT2D eigenvalue weighted by molar-refractivity contribution is -0.274. The molecule has 14 heteroatoms. The fraction of sp³-hybridized carbons (Fsp3) is 0.154. The van der Waals surface area contributed by atoms with Gasteiger partial charge in [0.2, 0.25) is 5.91 Å². The number of alkyl halides is 3. The Hall–Kier alpha value is -4.72. The van der Waals surface area contributed by atoms with E-state index in [1.165, 1.54) is 58.1 Å². The highest BCUT2D eigenvalue weighted by molar-refractivity contribution is 8.15. The second kappa shape index (κ2) is 11.6. The number of amidine groups is 1. The van der Waals surface area contributed by atoms with Crippen molar-refractivity contribution in [3.05, 3.63) is 90.8 Å². The van der Waals surface area contributed by atoms with Crippen molar-refractivity contribution in [2.45, 2.75) is 19.2 Å². The average Bonchev–Trinajstić information content (AvgIpc) is 3.55. The maximum Gasteiger partial charge on any atom is 0.573 e. The molecule has 1 aliphatic rings. The molecule has 3 heterocycles. The molecule has 1 saturated heterocycles. The SMILES string of the molecule is O=C(N=C1SCC(=O)N1c1cccnc1)Nc1ccc(CCc2ncn(-c3ccc(OC(F)(F)F)cc3)n2)cc1. The summed E-state index contributed by atoms with van der Waals surface area (Å²) in [5.41, 5.74) is 2.61. The predicted molar refractivity (Wildman–Crippen MR) is 143 cm³/mol. The van der Waals surface area contributed by atoms with Crippen LogP contribution in [0.25, 0.3) is 5.69 Å². The molecule has 0 radical (unpaired) electrons. The number of carbonyl (C=O) groups excluding carboxylic acids is 2. The number of benzene rings is 2. The molecule has 1 aliphatic heterocycles. The summed E-state index contributed by atoms with van der Waals surface area (Å²) in [5, 5.41) is 7.36. The number of hydrogen-bond acceptors (Lipinski definition) is 7. The molecule has 0 spiro atoms. The Labute approximate surface area is 229 Å². The maximum atomic E-state index is 12.5. The third kappa shape index (κ3) is 6.83. The number of nitrogens with one attached hydrogen (secondary N) is 1. The van der Waals surface area contributed by atoms with Gasteiger partial charge in [-0.2, -0.15) is 10.1 Å². The molecular weight excluding hydrogens is 547 g/mol. The number of ether oxygens (including phenoxy) is 1. The van der Waals surface area contributed by atoms with Crippen molar-refractivity contribution < 1.29 is 27.5 Å². The molecule has 3 amide bonds. The Bertz CT molecular complexity index is 1530. The number of halogens is 3. The van der Waals surface area contributed by atoms with Gasteiger partial charge in [0.1, 0.15) is 12.1 Å². The van der Waals surface area contributed by atoms with E-state index < -0.39 is 12.4 Å². The van der Waals surface area contributed by atoms with Gasteiger partial charge in [-0.15, -0.1) is 13.2 Å². The van der Waals surface area contributed by atoms with Crippen LogP contribution in [0.15, 0.2) is 84.4 Å². The Kier molecular flexibility index (Phi) is 7.77. The number of urea groups is 1.